The summed E-state index contributed by atoms with van der Waals surface area (Å²) in [5, 5.41) is 0. The summed E-state index contributed by atoms with van der Waals surface area (Å²) in [6, 6.07) is 34.8. The van der Waals surface area contributed by atoms with Crippen LogP contribution in [0.25, 0.3) is 16.8 Å². The summed E-state index contributed by atoms with van der Waals surface area (Å²) in [6.45, 7) is 2.02. The van der Waals surface area contributed by atoms with Crippen LogP contribution in [0.1, 0.15) is 23.6 Å². The molecule has 3 heteroatoms. The lowest BCUT2D eigenvalue weighted by atomic mass is 9.92. The van der Waals surface area contributed by atoms with Crippen LogP contribution in [0.15, 0.2) is 119 Å². The first-order valence-corrected chi connectivity index (χ1v) is 11.0. The Bertz CT molecular complexity index is 1240. The molecule has 0 radical (unpaired) electrons. The summed E-state index contributed by atoms with van der Waals surface area (Å²) >= 11 is 3.59. The molecule has 4 rings (SSSR count). The zero-order valence-electron chi connectivity index (χ0n) is 17.3. The van der Waals surface area contributed by atoms with Crippen molar-refractivity contribution in [1.82, 2.24) is 0 Å². The predicted molar refractivity (Wildman–Crippen MR) is 136 cm³/mol. The highest BCUT2D eigenvalue weighted by Crippen LogP contribution is 2.33. The van der Waals surface area contributed by atoms with Crippen molar-refractivity contribution in [2.24, 2.45) is 4.99 Å². The number of hydrogen-bond donors (Lipinski definition) is 1. The Labute approximate surface area is 191 Å². The van der Waals surface area contributed by atoms with Crippen molar-refractivity contribution in [1.29, 1.82) is 0 Å². The number of halogens is 1. The average molecular weight is 467 g/mol. The Morgan fingerprint density at radius 3 is 2.03 bits per heavy atom. The van der Waals surface area contributed by atoms with Crippen LogP contribution in [-0.2, 0) is 0 Å². The molecule has 0 atom stereocenters. The predicted octanol–water partition coefficient (Wildman–Crippen LogP) is 7.60. The van der Waals surface area contributed by atoms with E-state index in [1.165, 1.54) is 0 Å². The molecule has 0 aliphatic heterocycles. The van der Waals surface area contributed by atoms with E-state index < -0.39 is 0 Å². The normalized spacial score (nSPS) is 12.1. The summed E-state index contributed by atoms with van der Waals surface area (Å²) in [5.41, 5.74) is 14.1. The molecule has 0 aliphatic rings. The Balaban J connectivity index is 1.96. The highest BCUT2D eigenvalue weighted by Gasteiger charge is 2.16. The Morgan fingerprint density at radius 1 is 0.742 bits per heavy atom. The van der Waals surface area contributed by atoms with Gasteiger partial charge in [-0.3, -0.25) is 0 Å². The van der Waals surface area contributed by atoms with Gasteiger partial charge in [0, 0.05) is 26.9 Å². The fourth-order valence-corrected chi connectivity index (χ4v) is 3.95. The van der Waals surface area contributed by atoms with Gasteiger partial charge in [0.15, 0.2) is 0 Å². The fourth-order valence-electron chi connectivity index (χ4n) is 3.59. The van der Waals surface area contributed by atoms with Gasteiger partial charge >= 0.3 is 0 Å². The molecule has 152 valence electrons. The molecule has 0 spiro atoms. The second kappa shape index (κ2) is 9.59. The minimum atomic E-state index is 0.734. The van der Waals surface area contributed by atoms with Crippen LogP contribution in [0, 0.1) is 0 Å². The van der Waals surface area contributed by atoms with Gasteiger partial charge in [0.25, 0.3) is 0 Å². The number of anilines is 1. The number of aliphatic imine (C=N–C) groups is 1. The zero-order valence-corrected chi connectivity index (χ0v) is 18.9. The maximum Gasteiger partial charge on any atom is 0.0787 e. The van der Waals surface area contributed by atoms with Gasteiger partial charge in [-0.1, -0.05) is 107 Å². The van der Waals surface area contributed by atoms with Crippen molar-refractivity contribution in [3.63, 3.8) is 0 Å². The number of benzene rings is 4. The summed E-state index contributed by atoms with van der Waals surface area (Å²) in [6.07, 6.45) is 2.05. The summed E-state index contributed by atoms with van der Waals surface area (Å²) < 4.78 is 0.989. The first-order valence-electron chi connectivity index (χ1n) is 10.2. The van der Waals surface area contributed by atoms with Crippen LogP contribution in [-0.4, -0.2) is 5.71 Å². The van der Waals surface area contributed by atoms with Crippen molar-refractivity contribution in [3.8, 4) is 11.1 Å². The molecule has 0 heterocycles. The van der Waals surface area contributed by atoms with Crippen LogP contribution >= 0.6 is 15.9 Å². The van der Waals surface area contributed by atoms with E-state index in [9.17, 15) is 0 Å². The minimum absolute atomic E-state index is 0.734. The quantitative estimate of drug-likeness (QED) is 0.238. The van der Waals surface area contributed by atoms with Crippen LogP contribution < -0.4 is 5.73 Å². The molecule has 2 N–H and O–H groups in total. The molecule has 4 aromatic carbocycles. The van der Waals surface area contributed by atoms with E-state index >= 15 is 0 Å². The molecule has 4 aromatic rings. The van der Waals surface area contributed by atoms with E-state index in [0.717, 1.165) is 49.4 Å². The Kier molecular flexibility index (Phi) is 6.44. The molecular formula is C28H23BrN2. The van der Waals surface area contributed by atoms with Crippen molar-refractivity contribution in [2.45, 2.75) is 6.92 Å². The summed E-state index contributed by atoms with van der Waals surface area (Å²) in [5.74, 6) is 0. The number of nitrogens with two attached hydrogens (primary N) is 1. The lowest BCUT2D eigenvalue weighted by molar-refractivity contribution is 1.45. The topological polar surface area (TPSA) is 38.4 Å². The third-order valence-corrected chi connectivity index (χ3v) is 5.60. The second-order valence-corrected chi connectivity index (χ2v) is 8.06. The van der Waals surface area contributed by atoms with Gasteiger partial charge in [-0.25, -0.2) is 4.99 Å². The van der Waals surface area contributed by atoms with Crippen molar-refractivity contribution >= 4 is 33.0 Å². The van der Waals surface area contributed by atoms with E-state index in [2.05, 4.69) is 58.4 Å². The van der Waals surface area contributed by atoms with E-state index in [1.54, 1.807) is 0 Å². The molecule has 0 aliphatic carbocycles. The molecule has 0 saturated heterocycles. The first-order chi connectivity index (χ1) is 15.2. The molecular weight excluding hydrogens is 444 g/mol. The lowest BCUT2D eigenvalue weighted by Gasteiger charge is -2.16. The number of rotatable bonds is 5. The van der Waals surface area contributed by atoms with Crippen molar-refractivity contribution < 1.29 is 0 Å². The third kappa shape index (κ3) is 4.68. The van der Waals surface area contributed by atoms with Gasteiger partial charge < -0.3 is 5.73 Å². The number of nitrogen functional groups attached to an aromatic ring is 1. The van der Waals surface area contributed by atoms with E-state index in [4.69, 9.17) is 10.7 Å². The minimum Gasteiger partial charge on any atom is -0.398 e. The van der Waals surface area contributed by atoms with Crippen LogP contribution in [0.5, 0.6) is 0 Å². The lowest BCUT2D eigenvalue weighted by Crippen LogP contribution is -2.07. The molecule has 0 unspecified atom stereocenters. The standard InChI is InChI=1S/C28H23BrN2/c1-2-27(20-11-5-3-6-12-20)31-28(21-13-7-4-8-14-21)24-16-10-9-15-23(24)25-19-22(29)17-18-26(25)30/h2-19H,30H2,1H3/b27-2-,31-28?. The van der Waals surface area contributed by atoms with Gasteiger partial charge in [-0.05, 0) is 36.2 Å². The monoisotopic (exact) mass is 466 g/mol. The highest BCUT2D eigenvalue weighted by atomic mass is 79.9. The van der Waals surface area contributed by atoms with Gasteiger partial charge in [0.05, 0.1) is 11.4 Å². The van der Waals surface area contributed by atoms with E-state index in [-0.39, 0.29) is 0 Å². The van der Waals surface area contributed by atoms with Crippen LogP contribution in [0.4, 0.5) is 5.69 Å². The second-order valence-electron chi connectivity index (χ2n) is 7.14. The van der Waals surface area contributed by atoms with Gasteiger partial charge in [0.1, 0.15) is 0 Å². The average Bonchev–Trinajstić information content (AvgIpc) is 2.83. The third-order valence-electron chi connectivity index (χ3n) is 5.11. The van der Waals surface area contributed by atoms with Crippen LogP contribution in [0.3, 0.4) is 0 Å². The van der Waals surface area contributed by atoms with Gasteiger partial charge in [-0.2, -0.15) is 0 Å². The first kappa shape index (κ1) is 20.8. The number of hydrogen-bond acceptors (Lipinski definition) is 2. The molecule has 31 heavy (non-hydrogen) atoms. The maximum atomic E-state index is 6.38. The molecule has 0 amide bonds. The maximum absolute atomic E-state index is 6.38. The van der Waals surface area contributed by atoms with E-state index in [0.29, 0.717) is 0 Å². The van der Waals surface area contributed by atoms with Crippen LogP contribution in [0.2, 0.25) is 0 Å². The number of nitrogens with zero attached hydrogens (tertiary/aromatic N) is 1. The largest absolute Gasteiger partial charge is 0.398 e. The van der Waals surface area contributed by atoms with Gasteiger partial charge in [0.2, 0.25) is 0 Å². The molecule has 0 bridgehead atoms. The molecule has 0 saturated carbocycles. The van der Waals surface area contributed by atoms with Gasteiger partial charge in [-0.15, -0.1) is 0 Å². The molecule has 2 nitrogen and oxygen atoms in total. The fraction of sp³-hybridized carbons (Fsp3) is 0.0357. The molecule has 0 fully saturated rings. The smallest absolute Gasteiger partial charge is 0.0787 e. The number of allylic oxidation sites excluding steroid dienone is 1. The van der Waals surface area contributed by atoms with Crippen molar-refractivity contribution in [3.05, 3.63) is 130 Å². The highest BCUT2D eigenvalue weighted by molar-refractivity contribution is 9.10. The zero-order chi connectivity index (χ0) is 21.6. The summed E-state index contributed by atoms with van der Waals surface area (Å²) in [4.78, 5) is 5.17. The van der Waals surface area contributed by atoms with E-state index in [1.807, 2.05) is 73.7 Å². The van der Waals surface area contributed by atoms with Crippen molar-refractivity contribution in [2.75, 3.05) is 5.73 Å². The molecule has 0 aromatic heterocycles. The SMILES string of the molecule is C/C=C(\N=C(c1ccccc1)c1ccccc1-c1cc(Br)ccc1N)c1ccccc1. The Hall–Kier alpha value is -3.43. The summed E-state index contributed by atoms with van der Waals surface area (Å²) in [7, 11) is 0. The Morgan fingerprint density at radius 2 is 1.35 bits per heavy atom.